The zero-order chi connectivity index (χ0) is 9.72. The first-order valence-corrected chi connectivity index (χ1v) is 4.44. The van der Waals surface area contributed by atoms with Gasteiger partial charge in [-0.3, -0.25) is 4.79 Å². The number of thiocarbonyl (C=S) groups is 1. The summed E-state index contributed by atoms with van der Waals surface area (Å²) in [7, 11) is 0. The van der Waals surface area contributed by atoms with E-state index in [1.807, 2.05) is 20.8 Å². The van der Waals surface area contributed by atoms with Gasteiger partial charge >= 0.3 is 0 Å². The van der Waals surface area contributed by atoms with E-state index < -0.39 is 0 Å². The predicted molar refractivity (Wildman–Crippen MR) is 52.2 cm³/mol. The number of nitrogens with two attached hydrogens (primary N) is 1. The van der Waals surface area contributed by atoms with Gasteiger partial charge in [0.2, 0.25) is 0 Å². The Morgan fingerprint density at radius 3 is 2.25 bits per heavy atom. The van der Waals surface area contributed by atoms with Crippen molar-refractivity contribution in [1.82, 2.24) is 9.91 Å². The van der Waals surface area contributed by atoms with E-state index in [-0.39, 0.29) is 5.91 Å². The molecule has 0 saturated carbocycles. The minimum atomic E-state index is -0.133. The van der Waals surface area contributed by atoms with Crippen LogP contribution < -0.4 is 5.84 Å². The molecule has 70 valence electrons. The first-order valence-electron chi connectivity index (χ1n) is 4.03. The molecule has 0 aromatic heterocycles. The molecular weight excluding hydrogens is 174 g/mol. The number of carbonyl (C=O) groups is 1. The van der Waals surface area contributed by atoms with Crippen LogP contribution in [0.5, 0.6) is 0 Å². The Kier molecular flexibility index (Phi) is 4.77. The minimum absolute atomic E-state index is 0.133. The zero-order valence-electron chi connectivity index (χ0n) is 7.70. The Bertz CT molecular complexity index is 183. The lowest BCUT2D eigenvalue weighted by Crippen LogP contribution is -2.38. The molecule has 1 saturated heterocycles. The highest BCUT2D eigenvalue weighted by Gasteiger charge is 2.28. The summed E-state index contributed by atoms with van der Waals surface area (Å²) in [5, 5.41) is 1.44. The Hall–Kier alpha value is -0.680. The van der Waals surface area contributed by atoms with Crippen molar-refractivity contribution in [2.45, 2.75) is 20.8 Å². The first-order chi connectivity index (χ1) is 5.66. The van der Waals surface area contributed by atoms with Crippen LogP contribution in [0.2, 0.25) is 0 Å². The van der Waals surface area contributed by atoms with E-state index in [4.69, 9.17) is 18.1 Å². The molecule has 0 aromatic carbocycles. The van der Waals surface area contributed by atoms with E-state index in [9.17, 15) is 4.79 Å². The van der Waals surface area contributed by atoms with Gasteiger partial charge in [0.25, 0.3) is 5.91 Å². The van der Waals surface area contributed by atoms with Crippen LogP contribution in [0.15, 0.2) is 0 Å². The van der Waals surface area contributed by atoms with Gasteiger partial charge in [-0.25, -0.2) is 10.9 Å². The van der Waals surface area contributed by atoms with Gasteiger partial charge in [-0.05, 0) is 19.1 Å². The molecule has 5 heteroatoms. The third-order valence-electron chi connectivity index (χ3n) is 1.45. The summed E-state index contributed by atoms with van der Waals surface area (Å²) in [5.74, 6) is 5.16. The fourth-order valence-electron chi connectivity index (χ4n) is 0.813. The van der Waals surface area contributed by atoms with E-state index in [1.165, 1.54) is 0 Å². The van der Waals surface area contributed by atoms with Gasteiger partial charge < -0.3 is 4.90 Å². The van der Waals surface area contributed by atoms with Gasteiger partial charge in [0, 0.05) is 6.54 Å². The van der Waals surface area contributed by atoms with Gasteiger partial charge in [0.15, 0.2) is 5.11 Å². The van der Waals surface area contributed by atoms with Crippen molar-refractivity contribution >= 4 is 23.2 Å². The van der Waals surface area contributed by atoms with Crippen LogP contribution in [0.3, 0.4) is 0 Å². The van der Waals surface area contributed by atoms with Gasteiger partial charge in [0.05, 0.1) is 0 Å². The predicted octanol–water partition coefficient (Wildman–Crippen LogP) is 0.335. The van der Waals surface area contributed by atoms with E-state index in [0.29, 0.717) is 11.7 Å². The summed E-state index contributed by atoms with van der Waals surface area (Å²) in [4.78, 5) is 12.6. The molecule has 0 spiro atoms. The zero-order valence-corrected chi connectivity index (χ0v) is 8.52. The molecule has 0 unspecified atom stereocenters. The molecule has 0 aliphatic carbocycles. The maximum absolute atomic E-state index is 10.8. The summed E-state index contributed by atoms with van der Waals surface area (Å²) >= 11 is 4.85. The van der Waals surface area contributed by atoms with Crippen molar-refractivity contribution in [2.24, 2.45) is 5.84 Å². The number of amides is 1. The number of likely N-dealkylation sites (N-methyl/N-ethyl adjacent to an activating group) is 1. The van der Waals surface area contributed by atoms with Crippen molar-refractivity contribution in [3.63, 3.8) is 0 Å². The third-order valence-corrected chi connectivity index (χ3v) is 1.91. The molecule has 2 N–H and O–H groups in total. The van der Waals surface area contributed by atoms with Crippen LogP contribution in [0.25, 0.3) is 0 Å². The third kappa shape index (κ3) is 2.15. The molecule has 1 aliphatic heterocycles. The molecule has 0 bridgehead atoms. The highest BCUT2D eigenvalue weighted by Crippen LogP contribution is 2.04. The number of rotatable bonds is 1. The summed E-state index contributed by atoms with van der Waals surface area (Å²) in [6.45, 7) is 6.99. The molecule has 1 amide bonds. The van der Waals surface area contributed by atoms with Gasteiger partial charge in [-0.1, -0.05) is 13.8 Å². The average Bonchev–Trinajstić information content (AvgIpc) is 2.36. The summed E-state index contributed by atoms with van der Waals surface area (Å²) < 4.78 is 0. The average molecular weight is 189 g/mol. The smallest absolute Gasteiger partial charge is 0.262 e. The van der Waals surface area contributed by atoms with Crippen LogP contribution in [0.4, 0.5) is 0 Å². The van der Waals surface area contributed by atoms with E-state index in [1.54, 1.807) is 4.90 Å². The second kappa shape index (κ2) is 5.05. The topological polar surface area (TPSA) is 49.6 Å². The van der Waals surface area contributed by atoms with Crippen LogP contribution in [0.1, 0.15) is 20.8 Å². The maximum Gasteiger partial charge on any atom is 0.262 e. The van der Waals surface area contributed by atoms with Crippen molar-refractivity contribution in [3.05, 3.63) is 0 Å². The summed E-state index contributed by atoms with van der Waals surface area (Å²) in [6, 6.07) is 0. The highest BCUT2D eigenvalue weighted by atomic mass is 32.1. The lowest BCUT2D eigenvalue weighted by atomic mass is 10.6. The first kappa shape index (κ1) is 11.3. The van der Waals surface area contributed by atoms with Gasteiger partial charge in [0.1, 0.15) is 6.54 Å². The normalized spacial score (nSPS) is 16.3. The SMILES string of the molecule is CC.CCN1CC(=O)N(N)C1=S. The van der Waals surface area contributed by atoms with Crippen LogP contribution >= 0.6 is 12.2 Å². The van der Waals surface area contributed by atoms with Crippen molar-refractivity contribution < 1.29 is 4.79 Å². The maximum atomic E-state index is 10.8. The largest absolute Gasteiger partial charge is 0.339 e. The molecular formula is C7H15N3OS. The second-order valence-corrected chi connectivity index (χ2v) is 2.43. The van der Waals surface area contributed by atoms with E-state index in [2.05, 4.69) is 0 Å². The molecule has 1 fully saturated rings. The number of nitrogens with zero attached hydrogens (tertiary/aromatic N) is 2. The van der Waals surface area contributed by atoms with Crippen molar-refractivity contribution in [1.29, 1.82) is 0 Å². The Balaban J connectivity index is 0.000000561. The Labute approximate surface area is 78.3 Å². The van der Waals surface area contributed by atoms with Crippen LogP contribution in [-0.2, 0) is 4.79 Å². The van der Waals surface area contributed by atoms with Crippen molar-refractivity contribution in [2.75, 3.05) is 13.1 Å². The van der Waals surface area contributed by atoms with Crippen LogP contribution in [-0.4, -0.2) is 34.0 Å². The number of hydrogen-bond acceptors (Lipinski definition) is 3. The molecule has 0 atom stereocenters. The Morgan fingerprint density at radius 2 is 2.08 bits per heavy atom. The number of hydrogen-bond donors (Lipinski definition) is 1. The highest BCUT2D eigenvalue weighted by molar-refractivity contribution is 7.80. The van der Waals surface area contributed by atoms with Gasteiger partial charge in [-0.2, -0.15) is 0 Å². The number of hydrazine groups is 1. The summed E-state index contributed by atoms with van der Waals surface area (Å²) in [6.07, 6.45) is 0. The minimum Gasteiger partial charge on any atom is -0.339 e. The fourth-order valence-corrected chi connectivity index (χ4v) is 1.11. The summed E-state index contributed by atoms with van der Waals surface area (Å²) in [5.41, 5.74) is 0. The Morgan fingerprint density at radius 1 is 1.58 bits per heavy atom. The molecule has 0 aromatic rings. The quantitative estimate of drug-likeness (QED) is 0.367. The second-order valence-electron chi connectivity index (χ2n) is 2.06. The number of carbonyl (C=O) groups excluding carboxylic acids is 1. The molecule has 12 heavy (non-hydrogen) atoms. The molecule has 0 radical (unpaired) electrons. The van der Waals surface area contributed by atoms with Crippen LogP contribution in [0, 0.1) is 0 Å². The lowest BCUT2D eigenvalue weighted by molar-refractivity contribution is -0.125. The lowest BCUT2D eigenvalue weighted by Gasteiger charge is -2.13. The standard InChI is InChI=1S/C5H9N3OS.C2H6/c1-2-7-3-4(9)8(6)5(7)10;1-2/h2-3,6H2,1H3;1-2H3. The molecule has 1 rings (SSSR count). The fraction of sp³-hybridized carbons (Fsp3) is 0.714. The van der Waals surface area contributed by atoms with E-state index >= 15 is 0 Å². The van der Waals surface area contributed by atoms with Crippen molar-refractivity contribution in [3.8, 4) is 0 Å². The molecule has 1 aliphatic rings. The monoisotopic (exact) mass is 189 g/mol. The molecule has 4 nitrogen and oxygen atoms in total. The molecule has 1 heterocycles. The van der Waals surface area contributed by atoms with Gasteiger partial charge in [-0.15, -0.1) is 0 Å². The van der Waals surface area contributed by atoms with E-state index in [0.717, 1.165) is 11.6 Å².